The van der Waals surface area contributed by atoms with Crippen molar-refractivity contribution >= 4 is 6.15 Å². The summed E-state index contributed by atoms with van der Waals surface area (Å²) in [5.41, 5.74) is 5.25. The fourth-order valence-corrected chi connectivity index (χ4v) is 4.27. The molecule has 2 fully saturated rings. The Morgan fingerprint density at radius 3 is 1.73 bits per heavy atom. The molecule has 2 saturated carbocycles. The molecule has 2 heterocycles. The molecule has 33 heavy (non-hydrogen) atoms. The van der Waals surface area contributed by atoms with Crippen molar-refractivity contribution in [2.75, 3.05) is 13.2 Å². The van der Waals surface area contributed by atoms with Gasteiger partial charge in [0.1, 0.15) is 11.5 Å². The van der Waals surface area contributed by atoms with E-state index in [-0.39, 0.29) is 30.5 Å². The number of aryl methyl sites for hydroxylation is 2. The van der Waals surface area contributed by atoms with Crippen molar-refractivity contribution in [2.45, 2.75) is 69.3 Å². The predicted octanol–water partition coefficient (Wildman–Crippen LogP) is 1.30. The number of aliphatic hydroxyl groups is 1. The van der Waals surface area contributed by atoms with E-state index < -0.39 is 5.60 Å². The summed E-state index contributed by atoms with van der Waals surface area (Å²) in [7, 11) is 0. The molecule has 0 spiro atoms. The molecule has 0 bridgehead atoms. The van der Waals surface area contributed by atoms with Gasteiger partial charge in [0.05, 0.1) is 18.8 Å². The summed E-state index contributed by atoms with van der Waals surface area (Å²) in [6, 6.07) is 12.9. The van der Waals surface area contributed by atoms with Crippen LogP contribution in [0.4, 0.5) is 0 Å². The third-order valence-electron chi connectivity index (χ3n) is 6.77. The van der Waals surface area contributed by atoms with Gasteiger partial charge in [-0.05, 0) is 97.2 Å². The van der Waals surface area contributed by atoms with Crippen molar-refractivity contribution in [1.82, 2.24) is 0 Å². The van der Waals surface area contributed by atoms with Crippen LogP contribution in [-0.2, 0) is 33.4 Å². The zero-order valence-electron chi connectivity index (χ0n) is 19.6. The van der Waals surface area contributed by atoms with E-state index in [1.165, 1.54) is 42.4 Å². The zero-order chi connectivity index (χ0) is 21.9. The Labute approximate surface area is 207 Å². The predicted molar refractivity (Wildman–Crippen MR) is 117 cm³/mol. The summed E-state index contributed by atoms with van der Waals surface area (Å²) in [5, 5.41) is 9.96. The van der Waals surface area contributed by atoms with E-state index in [4.69, 9.17) is 19.1 Å². The van der Waals surface area contributed by atoms with Crippen LogP contribution in [0, 0.1) is 0 Å². The van der Waals surface area contributed by atoms with Gasteiger partial charge in [-0.25, -0.2) is 0 Å². The van der Waals surface area contributed by atoms with Crippen LogP contribution in [0.15, 0.2) is 36.4 Å². The molecule has 7 heteroatoms. The van der Waals surface area contributed by atoms with Gasteiger partial charge in [-0.1, -0.05) is 25.1 Å². The molecule has 0 aromatic heterocycles. The summed E-state index contributed by atoms with van der Waals surface area (Å²) >= 11 is 0. The molecular formula is C26H31LiO6. The largest absolute Gasteiger partial charge is 1.00 e. The van der Waals surface area contributed by atoms with E-state index >= 15 is 0 Å². The summed E-state index contributed by atoms with van der Waals surface area (Å²) < 4.78 is 11.1. The van der Waals surface area contributed by atoms with Crippen LogP contribution in [0.1, 0.15) is 67.7 Å². The SMILES string of the molecule is CC1(c2ccc3c(c2)CCCO3)CC1.O=C=O.OC1(c2ccc3c(c2)CCCO3)CC1.[Li+].[OH-]. The molecule has 4 aliphatic rings. The number of carbonyl (C=O) groups excluding carboxylic acids is 2. The summed E-state index contributed by atoms with van der Waals surface area (Å²) in [4.78, 5) is 16.2. The zero-order valence-corrected chi connectivity index (χ0v) is 19.6. The molecule has 0 atom stereocenters. The van der Waals surface area contributed by atoms with Crippen molar-refractivity contribution in [3.63, 3.8) is 0 Å². The Bertz CT molecular complexity index is 901. The van der Waals surface area contributed by atoms with Gasteiger partial charge < -0.3 is 20.1 Å². The van der Waals surface area contributed by atoms with Crippen LogP contribution in [-0.4, -0.2) is 29.9 Å². The Morgan fingerprint density at radius 1 is 0.818 bits per heavy atom. The van der Waals surface area contributed by atoms with Crippen molar-refractivity contribution in [3.8, 4) is 11.5 Å². The van der Waals surface area contributed by atoms with Crippen LogP contribution in [0.5, 0.6) is 11.5 Å². The molecule has 0 saturated heterocycles. The normalized spacial score (nSPS) is 19.2. The molecular weight excluding hydrogens is 415 g/mol. The van der Waals surface area contributed by atoms with E-state index in [0.717, 1.165) is 56.0 Å². The smallest absolute Gasteiger partial charge is 0.870 e. The standard InChI is InChI=1S/C13H16O.C12H14O2.CO2.Li.H2O/c1-13(6-7-13)11-4-5-12-10(9-11)3-2-8-14-12;13-12(5-6-12)10-3-4-11-9(8-10)2-1-7-14-11;2-1-3;;/h4-5,9H,2-3,6-8H2,1H3;3-4,8,13H,1-2,5-7H2;;;1H2/q;;;+1;/p-1. The maximum absolute atomic E-state index is 9.96. The molecule has 2 aliphatic heterocycles. The molecule has 0 unspecified atom stereocenters. The van der Waals surface area contributed by atoms with Crippen molar-refractivity contribution < 1.29 is 48.5 Å². The van der Waals surface area contributed by atoms with Gasteiger partial charge in [-0.15, -0.1) is 0 Å². The third kappa shape index (κ3) is 6.50. The quantitative estimate of drug-likeness (QED) is 0.698. The summed E-state index contributed by atoms with van der Waals surface area (Å²) in [6.07, 6.45) is 9.32. The number of rotatable bonds is 2. The van der Waals surface area contributed by atoms with Crippen LogP contribution in [0.3, 0.4) is 0 Å². The average molecular weight is 446 g/mol. The molecule has 2 aromatic carbocycles. The van der Waals surface area contributed by atoms with Crippen molar-refractivity contribution in [2.24, 2.45) is 0 Å². The third-order valence-corrected chi connectivity index (χ3v) is 6.77. The van der Waals surface area contributed by atoms with E-state index in [1.807, 2.05) is 12.1 Å². The van der Waals surface area contributed by atoms with Gasteiger partial charge in [0.2, 0.25) is 0 Å². The van der Waals surface area contributed by atoms with Crippen LogP contribution < -0.4 is 28.3 Å². The minimum Gasteiger partial charge on any atom is -0.870 e. The fourth-order valence-electron chi connectivity index (χ4n) is 4.27. The first-order valence-electron chi connectivity index (χ1n) is 11.2. The van der Waals surface area contributed by atoms with E-state index in [0.29, 0.717) is 5.41 Å². The molecule has 2 aliphatic carbocycles. The van der Waals surface area contributed by atoms with Crippen molar-refractivity contribution in [1.29, 1.82) is 0 Å². The minimum absolute atomic E-state index is 0. The van der Waals surface area contributed by atoms with E-state index in [1.54, 1.807) is 0 Å². The number of fused-ring (bicyclic) bond motifs is 2. The van der Waals surface area contributed by atoms with E-state index in [2.05, 4.69) is 31.2 Å². The molecule has 172 valence electrons. The number of hydrogen-bond acceptors (Lipinski definition) is 6. The molecule has 6 nitrogen and oxygen atoms in total. The Kier molecular flexibility index (Phi) is 9.37. The Hall–Kier alpha value is -2.06. The average Bonchev–Trinajstić information content (AvgIpc) is 3.73. The molecule has 2 N–H and O–H groups in total. The van der Waals surface area contributed by atoms with Gasteiger partial charge in [-0.2, -0.15) is 9.59 Å². The van der Waals surface area contributed by atoms with Gasteiger partial charge in [-0.3, -0.25) is 0 Å². The first-order valence-corrected chi connectivity index (χ1v) is 11.2. The minimum atomic E-state index is -0.507. The maximum Gasteiger partial charge on any atom is 1.00 e. The van der Waals surface area contributed by atoms with Crippen LogP contribution in [0.25, 0.3) is 0 Å². The molecule has 2 aromatic rings. The first kappa shape index (κ1) is 27.2. The van der Waals surface area contributed by atoms with Gasteiger partial charge in [0.15, 0.2) is 0 Å². The number of benzene rings is 2. The second-order valence-electron chi connectivity index (χ2n) is 9.22. The number of hydrogen-bond donors (Lipinski definition) is 1. The summed E-state index contributed by atoms with van der Waals surface area (Å²) in [6.45, 7) is 4.08. The second kappa shape index (κ2) is 11.4. The van der Waals surface area contributed by atoms with Crippen LogP contribution >= 0.6 is 0 Å². The topological polar surface area (TPSA) is 103 Å². The second-order valence-corrected chi connectivity index (χ2v) is 9.22. The summed E-state index contributed by atoms with van der Waals surface area (Å²) in [5.74, 6) is 2.12. The van der Waals surface area contributed by atoms with Gasteiger partial charge in [0.25, 0.3) is 0 Å². The maximum atomic E-state index is 9.96. The Balaban J connectivity index is 0.000000198. The van der Waals surface area contributed by atoms with Gasteiger partial charge in [0, 0.05) is 0 Å². The van der Waals surface area contributed by atoms with Gasteiger partial charge >= 0.3 is 25.0 Å². The molecule has 0 amide bonds. The number of ether oxygens (including phenoxy) is 2. The fraction of sp³-hybridized carbons (Fsp3) is 0.500. The van der Waals surface area contributed by atoms with Crippen molar-refractivity contribution in [3.05, 3.63) is 58.7 Å². The monoisotopic (exact) mass is 446 g/mol. The van der Waals surface area contributed by atoms with E-state index in [9.17, 15) is 5.11 Å². The first-order chi connectivity index (χ1) is 15.0. The molecule has 6 rings (SSSR count). The molecule has 0 radical (unpaired) electrons. The van der Waals surface area contributed by atoms with Crippen LogP contribution in [0.2, 0.25) is 0 Å². The Morgan fingerprint density at radius 2 is 1.27 bits per heavy atom.